The first-order chi connectivity index (χ1) is 18.7. The third-order valence-corrected chi connectivity index (χ3v) is 7.92. The molecule has 0 amide bonds. The van der Waals surface area contributed by atoms with E-state index in [4.69, 9.17) is 0 Å². The standard InChI is InChI=1S/C32H37F2N5/c1-7-23(19-35)31(22(3)29(37(5)6)15-8-21(2)36-4)38-16-17-39-30(20-38)27-18-25(11-14-28(27)34)32(39)24-9-12-26(33)13-10-24/h7-15,27,30,32,36H,1,3,16-18,20H2,2,4-6H3/b21-8+,29-15+,31-23-. The summed E-state index contributed by atoms with van der Waals surface area (Å²) in [5.41, 5.74) is 5.84. The number of nitrogens with zero attached hydrogens (tertiary/aromatic N) is 4. The molecule has 7 heteroatoms. The van der Waals surface area contributed by atoms with Gasteiger partial charge in [0.15, 0.2) is 0 Å². The van der Waals surface area contributed by atoms with E-state index in [1.54, 1.807) is 12.2 Å². The molecular weight excluding hydrogens is 492 g/mol. The van der Waals surface area contributed by atoms with Gasteiger partial charge >= 0.3 is 0 Å². The summed E-state index contributed by atoms with van der Waals surface area (Å²) < 4.78 is 29.0. The van der Waals surface area contributed by atoms with Gasteiger partial charge in [-0.1, -0.05) is 31.4 Å². The van der Waals surface area contributed by atoms with Crippen LogP contribution in [0.1, 0.15) is 24.9 Å². The molecule has 39 heavy (non-hydrogen) atoms. The molecule has 1 aromatic rings. The lowest BCUT2D eigenvalue weighted by molar-refractivity contribution is 0.0147. The minimum Gasteiger partial charge on any atom is -0.392 e. The lowest BCUT2D eigenvalue weighted by atomic mass is 9.75. The van der Waals surface area contributed by atoms with E-state index in [2.05, 4.69) is 34.3 Å². The Labute approximate surface area is 231 Å². The highest BCUT2D eigenvalue weighted by molar-refractivity contribution is 5.53. The van der Waals surface area contributed by atoms with Crippen molar-refractivity contribution in [1.29, 1.82) is 5.26 Å². The quantitative estimate of drug-likeness (QED) is 0.343. The molecule has 0 saturated carbocycles. The summed E-state index contributed by atoms with van der Waals surface area (Å²) in [5, 5.41) is 13.2. The minimum atomic E-state index is -0.279. The van der Waals surface area contributed by atoms with E-state index in [0.717, 1.165) is 22.5 Å². The topological polar surface area (TPSA) is 45.5 Å². The van der Waals surface area contributed by atoms with Gasteiger partial charge in [0.25, 0.3) is 0 Å². The van der Waals surface area contributed by atoms with Crippen LogP contribution >= 0.6 is 0 Å². The van der Waals surface area contributed by atoms with Gasteiger partial charge in [0.05, 0.1) is 17.3 Å². The summed E-state index contributed by atoms with van der Waals surface area (Å²) in [7, 11) is 5.75. The number of likely N-dealkylation sites (N-methyl/N-ethyl adjacent to an activating group) is 1. The van der Waals surface area contributed by atoms with Crippen LogP contribution in [-0.4, -0.2) is 61.5 Å². The van der Waals surface area contributed by atoms with Gasteiger partial charge in [-0.25, -0.2) is 8.78 Å². The first-order valence-electron chi connectivity index (χ1n) is 13.2. The van der Waals surface area contributed by atoms with Crippen LogP contribution in [0.4, 0.5) is 8.78 Å². The van der Waals surface area contributed by atoms with Crippen molar-refractivity contribution in [2.24, 2.45) is 5.92 Å². The SMILES string of the molecule is C=C/C(C#N)=C(\C(=C)/C(=C\C=C(/C)NC)N(C)C)N1CCN2C(c3ccc(F)cc3)C3=CC=C(F)C(C3)C2C1. The van der Waals surface area contributed by atoms with Gasteiger partial charge in [0.2, 0.25) is 0 Å². The fraction of sp³-hybridized carbons (Fsp3) is 0.344. The molecule has 0 radical (unpaired) electrons. The second kappa shape index (κ2) is 11.9. The zero-order valence-electron chi connectivity index (χ0n) is 23.2. The predicted octanol–water partition coefficient (Wildman–Crippen LogP) is 5.75. The van der Waals surface area contributed by atoms with Crippen molar-refractivity contribution < 1.29 is 8.78 Å². The monoisotopic (exact) mass is 529 g/mol. The van der Waals surface area contributed by atoms with Crippen molar-refractivity contribution in [2.75, 3.05) is 40.8 Å². The van der Waals surface area contributed by atoms with Crippen molar-refractivity contribution in [3.63, 3.8) is 0 Å². The second-order valence-electron chi connectivity index (χ2n) is 10.4. The molecule has 5 nitrogen and oxygen atoms in total. The number of hydrogen-bond acceptors (Lipinski definition) is 5. The number of hydrogen-bond donors (Lipinski definition) is 1. The summed E-state index contributed by atoms with van der Waals surface area (Å²) in [6, 6.07) is 8.75. The van der Waals surface area contributed by atoms with Crippen LogP contribution in [-0.2, 0) is 0 Å². The Hall–Kier alpha value is -3.89. The van der Waals surface area contributed by atoms with E-state index in [0.29, 0.717) is 42.9 Å². The van der Waals surface area contributed by atoms with Crippen LogP contribution in [0.3, 0.4) is 0 Å². The summed E-state index contributed by atoms with van der Waals surface area (Å²) in [6.45, 7) is 12.1. The largest absolute Gasteiger partial charge is 0.392 e. The average molecular weight is 530 g/mol. The molecule has 0 aromatic heterocycles. The molecular formula is C32H37F2N5. The Balaban J connectivity index is 1.73. The van der Waals surface area contributed by atoms with E-state index in [9.17, 15) is 9.65 Å². The van der Waals surface area contributed by atoms with Crippen LogP contribution in [0, 0.1) is 23.1 Å². The van der Waals surface area contributed by atoms with Crippen molar-refractivity contribution in [3.8, 4) is 6.07 Å². The molecule has 2 aliphatic heterocycles. The van der Waals surface area contributed by atoms with E-state index >= 15 is 4.39 Å². The lowest BCUT2D eigenvalue weighted by Crippen LogP contribution is -2.59. The van der Waals surface area contributed by atoms with Crippen molar-refractivity contribution in [2.45, 2.75) is 25.4 Å². The number of benzene rings is 1. The molecule has 4 rings (SSSR count). The lowest BCUT2D eigenvalue weighted by Gasteiger charge is -2.54. The van der Waals surface area contributed by atoms with Crippen molar-refractivity contribution >= 4 is 0 Å². The van der Waals surface area contributed by atoms with Crippen LogP contribution in [0.15, 0.2) is 107 Å². The maximum atomic E-state index is 15.2. The second-order valence-corrected chi connectivity index (χ2v) is 10.4. The summed E-state index contributed by atoms with van der Waals surface area (Å²) in [5.74, 6) is -0.676. The molecule has 3 aliphatic rings. The molecule has 2 saturated heterocycles. The third-order valence-electron chi connectivity index (χ3n) is 7.92. The van der Waals surface area contributed by atoms with Gasteiger partial charge in [0.1, 0.15) is 17.7 Å². The number of halogens is 2. The zero-order valence-corrected chi connectivity index (χ0v) is 23.2. The van der Waals surface area contributed by atoms with Crippen molar-refractivity contribution in [1.82, 2.24) is 20.0 Å². The molecule has 1 aliphatic carbocycles. The van der Waals surface area contributed by atoms with Gasteiger partial charge in [-0.2, -0.15) is 5.26 Å². The zero-order chi connectivity index (χ0) is 28.3. The Morgan fingerprint density at radius 3 is 2.49 bits per heavy atom. The molecule has 3 unspecified atom stereocenters. The maximum absolute atomic E-state index is 15.2. The Morgan fingerprint density at radius 2 is 1.87 bits per heavy atom. The van der Waals surface area contributed by atoms with Crippen LogP contribution in [0.25, 0.3) is 0 Å². The van der Waals surface area contributed by atoms with Gasteiger partial charge < -0.3 is 15.1 Å². The maximum Gasteiger partial charge on any atom is 0.123 e. The van der Waals surface area contributed by atoms with Crippen molar-refractivity contribution in [3.05, 3.63) is 119 Å². The Morgan fingerprint density at radius 1 is 1.15 bits per heavy atom. The first kappa shape index (κ1) is 28.1. The number of nitriles is 1. The van der Waals surface area contributed by atoms with Gasteiger partial charge in [-0.3, -0.25) is 4.90 Å². The average Bonchev–Trinajstić information content (AvgIpc) is 2.93. The Bertz CT molecular complexity index is 1320. The van der Waals surface area contributed by atoms with E-state index in [1.165, 1.54) is 12.1 Å². The van der Waals surface area contributed by atoms with E-state index in [-0.39, 0.29) is 29.6 Å². The van der Waals surface area contributed by atoms with E-state index in [1.807, 2.05) is 63.3 Å². The van der Waals surface area contributed by atoms with E-state index < -0.39 is 0 Å². The molecule has 1 aromatic carbocycles. The number of nitrogens with one attached hydrogen (secondary N) is 1. The number of allylic oxidation sites excluding steroid dienone is 7. The van der Waals surface area contributed by atoms with Crippen LogP contribution in [0.2, 0.25) is 0 Å². The van der Waals surface area contributed by atoms with Crippen LogP contribution < -0.4 is 5.32 Å². The smallest absolute Gasteiger partial charge is 0.123 e. The number of rotatable bonds is 8. The normalized spacial score (nSPS) is 24.0. The number of piperazine rings is 1. The molecule has 0 spiro atoms. The van der Waals surface area contributed by atoms with Crippen LogP contribution in [0.5, 0.6) is 0 Å². The highest BCUT2D eigenvalue weighted by atomic mass is 19.1. The Kier molecular flexibility index (Phi) is 8.57. The van der Waals surface area contributed by atoms with Gasteiger partial charge in [-0.15, -0.1) is 0 Å². The molecule has 2 fully saturated rings. The summed E-state index contributed by atoms with van der Waals surface area (Å²) in [4.78, 5) is 6.48. The highest BCUT2D eigenvalue weighted by Crippen LogP contribution is 2.48. The third kappa shape index (κ3) is 5.62. The molecule has 204 valence electrons. The van der Waals surface area contributed by atoms with Gasteiger partial charge in [0, 0.05) is 69.7 Å². The molecule has 2 heterocycles. The molecule has 2 bridgehead atoms. The molecule has 3 atom stereocenters. The number of fused-ring (bicyclic) bond motifs is 4. The summed E-state index contributed by atoms with van der Waals surface area (Å²) in [6.07, 6.45) is 9.60. The first-order valence-corrected chi connectivity index (χ1v) is 13.2. The highest BCUT2D eigenvalue weighted by Gasteiger charge is 2.46. The molecule has 1 N–H and O–H groups in total. The fourth-order valence-corrected chi connectivity index (χ4v) is 5.87. The summed E-state index contributed by atoms with van der Waals surface area (Å²) >= 11 is 0. The minimum absolute atomic E-state index is 0.0456. The van der Waals surface area contributed by atoms with Gasteiger partial charge in [-0.05, 0) is 60.9 Å². The predicted molar refractivity (Wildman–Crippen MR) is 153 cm³/mol. The fourth-order valence-electron chi connectivity index (χ4n) is 5.87. The number of piperidine rings is 1.